The van der Waals surface area contributed by atoms with Crippen LogP contribution >= 0.6 is 0 Å². The van der Waals surface area contributed by atoms with E-state index in [1.54, 1.807) is 0 Å². The maximum absolute atomic E-state index is 4.59. The van der Waals surface area contributed by atoms with Gasteiger partial charge in [0.15, 0.2) is 0 Å². The molecule has 4 rings (SSSR count). The third-order valence-corrected chi connectivity index (χ3v) is 4.79. The van der Waals surface area contributed by atoms with Crippen molar-refractivity contribution < 1.29 is 0 Å². The maximum Gasteiger partial charge on any atom is 0.0519 e. The van der Waals surface area contributed by atoms with Gasteiger partial charge in [-0.1, -0.05) is 36.8 Å². The van der Waals surface area contributed by atoms with Gasteiger partial charge in [0.05, 0.1) is 5.69 Å². The predicted molar refractivity (Wildman–Crippen MR) is 83.4 cm³/mol. The molecule has 2 aliphatic rings. The van der Waals surface area contributed by atoms with Crippen LogP contribution in [-0.4, -0.2) is 4.98 Å². The zero-order chi connectivity index (χ0) is 13.7. The molecule has 1 aromatic carbocycles. The van der Waals surface area contributed by atoms with Gasteiger partial charge in [0.25, 0.3) is 0 Å². The second kappa shape index (κ2) is 4.05. The van der Waals surface area contributed by atoms with Crippen molar-refractivity contribution in [2.75, 3.05) is 0 Å². The largest absolute Gasteiger partial charge is 0.260 e. The van der Waals surface area contributed by atoms with E-state index in [0.29, 0.717) is 5.41 Å². The van der Waals surface area contributed by atoms with Gasteiger partial charge in [0.1, 0.15) is 0 Å². The topological polar surface area (TPSA) is 12.9 Å². The number of benzene rings is 1. The quantitative estimate of drug-likeness (QED) is 0.729. The summed E-state index contributed by atoms with van der Waals surface area (Å²) in [4.78, 5) is 4.59. The molecule has 2 aliphatic carbocycles. The average Bonchev–Trinajstić information content (AvgIpc) is 3.20. The highest BCUT2D eigenvalue weighted by molar-refractivity contribution is 5.89. The lowest BCUT2D eigenvalue weighted by atomic mass is 9.87. The van der Waals surface area contributed by atoms with Crippen molar-refractivity contribution in [1.29, 1.82) is 0 Å². The van der Waals surface area contributed by atoms with Crippen molar-refractivity contribution in [2.45, 2.75) is 33.1 Å². The van der Waals surface area contributed by atoms with Crippen LogP contribution in [0.5, 0.6) is 0 Å². The van der Waals surface area contributed by atoms with Crippen molar-refractivity contribution in [1.82, 2.24) is 4.98 Å². The number of pyridine rings is 1. The van der Waals surface area contributed by atoms with Crippen LogP contribution in [0.1, 0.15) is 47.7 Å². The van der Waals surface area contributed by atoms with Gasteiger partial charge < -0.3 is 0 Å². The molecule has 1 nitrogen and oxygen atoms in total. The summed E-state index contributed by atoms with van der Waals surface area (Å²) in [5.74, 6) is 0. The van der Waals surface area contributed by atoms with Gasteiger partial charge in [0.2, 0.25) is 0 Å². The molecule has 20 heavy (non-hydrogen) atoms. The van der Waals surface area contributed by atoms with Gasteiger partial charge in [0, 0.05) is 12.6 Å². The molecule has 1 saturated carbocycles. The molecule has 0 bridgehead atoms. The third-order valence-electron chi connectivity index (χ3n) is 4.79. The van der Waals surface area contributed by atoms with Crippen molar-refractivity contribution in [2.24, 2.45) is 5.41 Å². The highest BCUT2D eigenvalue weighted by Gasteiger charge is 2.42. The Kier molecular flexibility index (Phi) is 2.41. The van der Waals surface area contributed by atoms with Gasteiger partial charge in [-0.2, -0.15) is 0 Å². The minimum absolute atomic E-state index is 0.375. The average molecular weight is 261 g/mol. The zero-order valence-corrected chi connectivity index (χ0v) is 12.1. The summed E-state index contributed by atoms with van der Waals surface area (Å²) in [6, 6.07) is 11.1. The molecule has 0 atom stereocenters. The van der Waals surface area contributed by atoms with E-state index >= 15 is 0 Å². The van der Waals surface area contributed by atoms with Crippen LogP contribution in [0.15, 0.2) is 36.5 Å². The van der Waals surface area contributed by atoms with Crippen molar-refractivity contribution >= 4 is 11.6 Å². The first-order valence-electron chi connectivity index (χ1n) is 7.42. The fourth-order valence-corrected chi connectivity index (χ4v) is 3.19. The third kappa shape index (κ3) is 1.81. The van der Waals surface area contributed by atoms with E-state index in [0.717, 1.165) is 6.42 Å². The number of aryl methyl sites for hydroxylation is 1. The summed E-state index contributed by atoms with van der Waals surface area (Å²) in [6.07, 6.45) is 7.86. The van der Waals surface area contributed by atoms with Gasteiger partial charge >= 0.3 is 0 Å². The summed E-state index contributed by atoms with van der Waals surface area (Å²) >= 11 is 0. The van der Waals surface area contributed by atoms with E-state index in [1.807, 2.05) is 12.3 Å². The van der Waals surface area contributed by atoms with E-state index in [2.05, 4.69) is 49.2 Å². The molecule has 1 fully saturated rings. The van der Waals surface area contributed by atoms with Crippen LogP contribution in [0, 0.1) is 12.3 Å². The van der Waals surface area contributed by atoms with E-state index in [4.69, 9.17) is 0 Å². The number of hydrogen-bond donors (Lipinski definition) is 0. The summed E-state index contributed by atoms with van der Waals surface area (Å²) < 4.78 is 0. The van der Waals surface area contributed by atoms with Crippen LogP contribution in [0.2, 0.25) is 0 Å². The Morgan fingerprint density at radius 3 is 2.80 bits per heavy atom. The standard InChI is InChI=1S/C19H19N/c1-13-5-6-14-12-18-15(4-3-9-20-18)11-17(16(14)10-13)19(2)7-8-19/h3-6,9-11H,7-8,12H2,1-2H3. The zero-order valence-electron chi connectivity index (χ0n) is 12.1. The first kappa shape index (κ1) is 11.9. The summed E-state index contributed by atoms with van der Waals surface area (Å²) in [6.45, 7) is 4.58. The van der Waals surface area contributed by atoms with Crippen molar-refractivity contribution in [3.8, 4) is 0 Å². The SMILES string of the molecule is Cc1ccc2c(c1)C(C1(C)CC1)=Cc1cccnc1C2. The summed E-state index contributed by atoms with van der Waals surface area (Å²) in [5, 5.41) is 0. The number of fused-ring (bicyclic) bond motifs is 2. The predicted octanol–water partition coefficient (Wildman–Crippen LogP) is 4.63. The van der Waals surface area contributed by atoms with E-state index in [-0.39, 0.29) is 0 Å². The van der Waals surface area contributed by atoms with Gasteiger partial charge in [-0.3, -0.25) is 4.98 Å². The van der Waals surface area contributed by atoms with Gasteiger partial charge in [-0.05, 0) is 59.6 Å². The van der Waals surface area contributed by atoms with Crippen molar-refractivity contribution in [3.63, 3.8) is 0 Å². The van der Waals surface area contributed by atoms with E-state index < -0.39 is 0 Å². The Bertz CT molecular complexity index is 720. The molecule has 0 amide bonds. The summed E-state index contributed by atoms with van der Waals surface area (Å²) in [7, 11) is 0. The first-order chi connectivity index (χ1) is 9.66. The number of aromatic nitrogens is 1. The molecule has 0 aliphatic heterocycles. The molecular weight excluding hydrogens is 242 g/mol. The highest BCUT2D eigenvalue weighted by atomic mass is 14.7. The lowest BCUT2D eigenvalue weighted by molar-refractivity contribution is 0.776. The second-order valence-corrected chi connectivity index (χ2v) is 6.50. The monoisotopic (exact) mass is 261 g/mol. The minimum Gasteiger partial charge on any atom is -0.260 e. The molecule has 100 valence electrons. The van der Waals surface area contributed by atoms with Gasteiger partial charge in [-0.15, -0.1) is 0 Å². The molecule has 0 spiro atoms. The molecule has 0 N–H and O–H groups in total. The molecule has 0 saturated heterocycles. The smallest absolute Gasteiger partial charge is 0.0519 e. The molecule has 1 heterocycles. The number of nitrogens with zero attached hydrogens (tertiary/aromatic N) is 1. The van der Waals surface area contributed by atoms with Crippen LogP contribution in [0.25, 0.3) is 11.6 Å². The molecule has 0 radical (unpaired) electrons. The van der Waals surface area contributed by atoms with E-state index in [9.17, 15) is 0 Å². The number of rotatable bonds is 1. The molecule has 1 heteroatoms. The lowest BCUT2D eigenvalue weighted by Crippen LogP contribution is -2.01. The lowest BCUT2D eigenvalue weighted by Gasteiger charge is -2.17. The Labute approximate surface area is 120 Å². The first-order valence-corrected chi connectivity index (χ1v) is 7.42. The van der Waals surface area contributed by atoms with Crippen LogP contribution < -0.4 is 0 Å². The van der Waals surface area contributed by atoms with Crippen molar-refractivity contribution in [3.05, 3.63) is 64.5 Å². The number of hydrogen-bond acceptors (Lipinski definition) is 1. The fraction of sp³-hybridized carbons (Fsp3) is 0.316. The fourth-order valence-electron chi connectivity index (χ4n) is 3.19. The van der Waals surface area contributed by atoms with Gasteiger partial charge in [-0.25, -0.2) is 0 Å². The summed E-state index contributed by atoms with van der Waals surface area (Å²) in [5.41, 5.74) is 8.61. The highest BCUT2D eigenvalue weighted by Crippen LogP contribution is 2.57. The molecule has 2 aromatic rings. The Hall–Kier alpha value is -1.89. The molecule has 1 aromatic heterocycles. The Morgan fingerprint density at radius 2 is 2.00 bits per heavy atom. The van der Waals surface area contributed by atoms with Crippen LogP contribution in [-0.2, 0) is 6.42 Å². The van der Waals surface area contributed by atoms with E-state index in [1.165, 1.54) is 46.4 Å². The van der Waals surface area contributed by atoms with Crippen LogP contribution in [0.3, 0.4) is 0 Å². The molecule has 0 unspecified atom stereocenters. The minimum atomic E-state index is 0.375. The molecular formula is C19H19N. The Morgan fingerprint density at radius 1 is 1.15 bits per heavy atom. The Balaban J connectivity index is 1.99. The maximum atomic E-state index is 4.59. The van der Waals surface area contributed by atoms with Crippen LogP contribution in [0.4, 0.5) is 0 Å². The number of allylic oxidation sites excluding steroid dienone is 1. The normalized spacial score (nSPS) is 18.6. The second-order valence-electron chi connectivity index (χ2n) is 6.50.